The van der Waals surface area contributed by atoms with Crippen LogP contribution in [0, 0.1) is 0 Å². The number of carbonyl (C=O) groups is 2. The van der Waals surface area contributed by atoms with Crippen molar-refractivity contribution in [2.45, 2.75) is 28.8 Å². The number of nitrogens with zero attached hydrogens (tertiary/aromatic N) is 1. The Bertz CT molecular complexity index is 1560. The van der Waals surface area contributed by atoms with Gasteiger partial charge in [-0.05, 0) is 41.0 Å². The largest absolute Gasteiger partial charge is 0.455 e. The van der Waals surface area contributed by atoms with E-state index in [0.29, 0.717) is 10.8 Å². The van der Waals surface area contributed by atoms with Crippen molar-refractivity contribution in [1.29, 1.82) is 0 Å². The predicted octanol–water partition coefficient (Wildman–Crippen LogP) is 7.17. The van der Waals surface area contributed by atoms with Gasteiger partial charge < -0.3 is 4.42 Å². The van der Waals surface area contributed by atoms with Crippen molar-refractivity contribution in [1.82, 2.24) is 15.8 Å². The van der Waals surface area contributed by atoms with E-state index < -0.39 is 29.0 Å². The number of benzene rings is 3. The number of alkyl halides is 3. The Kier molecular flexibility index (Phi) is 8.96. The van der Waals surface area contributed by atoms with Gasteiger partial charge in [-0.1, -0.05) is 103 Å². The van der Waals surface area contributed by atoms with E-state index in [1.807, 2.05) is 91.0 Å². The molecule has 0 aliphatic rings. The molecule has 2 N–H and O–H groups in total. The van der Waals surface area contributed by atoms with Crippen LogP contribution in [-0.2, 0) is 22.1 Å². The van der Waals surface area contributed by atoms with Gasteiger partial charge in [-0.2, -0.15) is 13.2 Å². The molecule has 5 aromatic rings. The smallest absolute Gasteiger partial charge is 0.417 e. The van der Waals surface area contributed by atoms with E-state index in [1.54, 1.807) is 6.07 Å². The highest BCUT2D eigenvalue weighted by molar-refractivity contribution is 7.98. The van der Waals surface area contributed by atoms with Gasteiger partial charge in [0.2, 0.25) is 5.91 Å². The first-order valence-electron chi connectivity index (χ1n) is 13.3. The third-order valence-electron chi connectivity index (χ3n) is 6.85. The van der Waals surface area contributed by atoms with Gasteiger partial charge >= 0.3 is 12.1 Å². The molecule has 218 valence electrons. The Balaban J connectivity index is 1.27. The Hall–Kier alpha value is -4.83. The van der Waals surface area contributed by atoms with Crippen LogP contribution in [0.25, 0.3) is 0 Å². The number of carbonyl (C=O) groups excluding carboxylic acids is 2. The summed E-state index contributed by atoms with van der Waals surface area (Å²) in [6, 6.07) is 34.5. The van der Waals surface area contributed by atoms with E-state index >= 15 is 0 Å². The quantitative estimate of drug-likeness (QED) is 0.106. The second-order valence-corrected chi connectivity index (χ2v) is 10.6. The Morgan fingerprint density at radius 3 is 1.74 bits per heavy atom. The normalized spacial score (nSPS) is 11.6. The molecule has 6 nitrogen and oxygen atoms in total. The zero-order valence-corrected chi connectivity index (χ0v) is 23.5. The predicted molar refractivity (Wildman–Crippen MR) is 157 cm³/mol. The van der Waals surface area contributed by atoms with Crippen molar-refractivity contribution < 1.29 is 27.2 Å². The first-order valence-corrected chi connectivity index (χ1v) is 14.2. The number of aromatic nitrogens is 1. The molecule has 0 aliphatic carbocycles. The van der Waals surface area contributed by atoms with Crippen LogP contribution in [0.2, 0.25) is 0 Å². The van der Waals surface area contributed by atoms with Crippen LogP contribution in [0.4, 0.5) is 13.2 Å². The van der Waals surface area contributed by atoms with Crippen LogP contribution in [0.15, 0.2) is 131 Å². The molecule has 43 heavy (non-hydrogen) atoms. The minimum atomic E-state index is -4.46. The number of nitrogens with one attached hydrogen (secondary N) is 2. The Morgan fingerprint density at radius 2 is 1.26 bits per heavy atom. The zero-order valence-electron chi connectivity index (χ0n) is 22.7. The zero-order chi connectivity index (χ0) is 30.3. The van der Waals surface area contributed by atoms with Crippen molar-refractivity contribution in [3.63, 3.8) is 0 Å². The molecule has 0 aliphatic heterocycles. The SMILES string of the molecule is O=C(CC(c1ccccc1)(c1ccccc1)c1ccccc1)NNC(=O)c1ccc(CSc2ccc(C(F)(F)F)cn2)o1. The summed E-state index contributed by atoms with van der Waals surface area (Å²) in [5, 5.41) is 0.376. The maximum absolute atomic E-state index is 13.4. The molecule has 3 aromatic carbocycles. The van der Waals surface area contributed by atoms with Crippen LogP contribution >= 0.6 is 11.8 Å². The first-order chi connectivity index (χ1) is 20.8. The Morgan fingerprint density at radius 1 is 0.698 bits per heavy atom. The standard InChI is InChI=1S/C33H26F3N3O3S/c34-33(35,36)26-16-19-30(37-21-26)43-22-27-17-18-28(42-27)31(41)39-38-29(40)20-32(23-10-4-1-5-11-23,24-12-6-2-7-13-24)25-14-8-3-9-15-25/h1-19,21H,20,22H2,(H,38,40)(H,39,41). The summed E-state index contributed by atoms with van der Waals surface area (Å²) in [5.74, 6) is -0.440. The second-order valence-electron chi connectivity index (χ2n) is 9.62. The highest BCUT2D eigenvalue weighted by atomic mass is 32.2. The molecule has 0 radical (unpaired) electrons. The molecule has 10 heteroatoms. The van der Waals surface area contributed by atoms with Crippen molar-refractivity contribution in [3.8, 4) is 0 Å². The minimum Gasteiger partial charge on any atom is -0.455 e. The molecule has 0 saturated carbocycles. The van der Waals surface area contributed by atoms with E-state index in [9.17, 15) is 22.8 Å². The maximum atomic E-state index is 13.4. The molecule has 0 atom stereocenters. The molecule has 0 fully saturated rings. The van der Waals surface area contributed by atoms with Crippen LogP contribution in [0.5, 0.6) is 0 Å². The summed E-state index contributed by atoms with van der Waals surface area (Å²) < 4.78 is 43.8. The molecule has 5 rings (SSSR count). The topological polar surface area (TPSA) is 84.2 Å². The lowest BCUT2D eigenvalue weighted by molar-refractivity contribution is -0.137. The van der Waals surface area contributed by atoms with Gasteiger partial charge in [0.1, 0.15) is 5.76 Å². The molecule has 2 amide bonds. The van der Waals surface area contributed by atoms with E-state index in [4.69, 9.17) is 4.42 Å². The van der Waals surface area contributed by atoms with E-state index in [1.165, 1.54) is 12.1 Å². The maximum Gasteiger partial charge on any atom is 0.417 e. The van der Waals surface area contributed by atoms with Crippen molar-refractivity contribution in [2.24, 2.45) is 0 Å². The summed E-state index contributed by atoms with van der Waals surface area (Å²) in [7, 11) is 0. The number of hydrazine groups is 1. The van der Waals surface area contributed by atoms with Gasteiger partial charge in [-0.25, -0.2) is 4.98 Å². The van der Waals surface area contributed by atoms with Crippen LogP contribution in [-0.4, -0.2) is 16.8 Å². The van der Waals surface area contributed by atoms with Crippen molar-refractivity contribution in [2.75, 3.05) is 0 Å². The van der Waals surface area contributed by atoms with Gasteiger partial charge in [0.05, 0.1) is 21.8 Å². The summed E-state index contributed by atoms with van der Waals surface area (Å²) in [6.07, 6.45) is -3.68. The fourth-order valence-corrected chi connectivity index (χ4v) is 5.54. The number of hydrogen-bond acceptors (Lipinski definition) is 5. The van der Waals surface area contributed by atoms with Gasteiger partial charge in [0, 0.05) is 12.6 Å². The number of amides is 2. The van der Waals surface area contributed by atoms with Crippen LogP contribution in [0.3, 0.4) is 0 Å². The monoisotopic (exact) mass is 601 g/mol. The molecule has 0 bridgehead atoms. The van der Waals surface area contributed by atoms with Gasteiger partial charge in [0.15, 0.2) is 5.76 Å². The summed E-state index contributed by atoms with van der Waals surface area (Å²) in [6.45, 7) is 0. The molecular formula is C33H26F3N3O3S. The molecule has 0 spiro atoms. The highest BCUT2D eigenvalue weighted by Crippen LogP contribution is 2.42. The number of hydrogen-bond donors (Lipinski definition) is 2. The van der Waals surface area contributed by atoms with E-state index in [-0.39, 0.29) is 17.9 Å². The van der Waals surface area contributed by atoms with E-state index in [2.05, 4.69) is 15.8 Å². The van der Waals surface area contributed by atoms with E-state index in [0.717, 1.165) is 40.7 Å². The fourth-order valence-electron chi connectivity index (χ4n) is 4.80. The molecule has 0 saturated heterocycles. The average molecular weight is 602 g/mol. The summed E-state index contributed by atoms with van der Waals surface area (Å²) in [5.41, 5.74) is 6.05. The first kappa shape index (κ1) is 29.7. The lowest BCUT2D eigenvalue weighted by Gasteiger charge is -2.35. The molecule has 0 unspecified atom stereocenters. The van der Waals surface area contributed by atoms with Gasteiger partial charge in [-0.3, -0.25) is 20.4 Å². The van der Waals surface area contributed by atoms with Crippen LogP contribution in [0.1, 0.15) is 45.0 Å². The number of furan rings is 1. The fraction of sp³-hybridized carbons (Fsp3) is 0.121. The van der Waals surface area contributed by atoms with Gasteiger partial charge in [-0.15, -0.1) is 0 Å². The third-order valence-corrected chi connectivity index (χ3v) is 7.82. The summed E-state index contributed by atoms with van der Waals surface area (Å²) in [4.78, 5) is 30.0. The second kappa shape index (κ2) is 13.0. The average Bonchev–Trinajstić information content (AvgIpc) is 3.52. The number of rotatable bonds is 9. The number of pyridine rings is 1. The molecular weight excluding hydrogens is 575 g/mol. The lowest BCUT2D eigenvalue weighted by atomic mass is 9.67. The Labute approximate surface area is 250 Å². The van der Waals surface area contributed by atoms with Crippen LogP contribution < -0.4 is 10.9 Å². The minimum absolute atomic E-state index is 0.00545. The highest BCUT2D eigenvalue weighted by Gasteiger charge is 2.38. The number of halogens is 3. The number of thioether (sulfide) groups is 1. The van der Waals surface area contributed by atoms with Crippen molar-refractivity contribution in [3.05, 3.63) is 155 Å². The lowest BCUT2D eigenvalue weighted by Crippen LogP contribution is -2.45. The van der Waals surface area contributed by atoms with Crippen molar-refractivity contribution >= 4 is 23.6 Å². The van der Waals surface area contributed by atoms with Gasteiger partial charge in [0.25, 0.3) is 0 Å². The molecule has 2 aromatic heterocycles. The third kappa shape index (κ3) is 6.98. The molecule has 2 heterocycles. The summed E-state index contributed by atoms with van der Waals surface area (Å²) >= 11 is 1.16.